The molecule has 0 aromatic heterocycles. The predicted molar refractivity (Wildman–Crippen MR) is 78.2 cm³/mol. The number of aryl methyl sites for hydroxylation is 1. The second kappa shape index (κ2) is 8.20. The average Bonchev–Trinajstić information content (AvgIpc) is 2.35. The summed E-state index contributed by atoms with van der Waals surface area (Å²) in [4.78, 5) is 11.3. The summed E-state index contributed by atoms with van der Waals surface area (Å²) >= 11 is 1.88. The van der Waals surface area contributed by atoms with Crippen molar-refractivity contribution in [3.05, 3.63) is 35.4 Å². The lowest BCUT2D eigenvalue weighted by atomic mass is 9.93. The van der Waals surface area contributed by atoms with Gasteiger partial charge in [-0.1, -0.05) is 31.2 Å². The second-order valence-corrected chi connectivity index (χ2v) is 5.90. The number of benzene rings is 1. The number of aliphatic carboxylic acids is 1. The molecule has 18 heavy (non-hydrogen) atoms. The van der Waals surface area contributed by atoms with Crippen molar-refractivity contribution < 1.29 is 9.90 Å². The van der Waals surface area contributed by atoms with E-state index in [1.807, 2.05) is 43.0 Å². The van der Waals surface area contributed by atoms with Gasteiger partial charge in [-0.3, -0.25) is 4.79 Å². The summed E-state index contributed by atoms with van der Waals surface area (Å²) in [6.45, 7) is 4.17. The molecule has 0 fully saturated rings. The Labute approximate surface area is 114 Å². The molecule has 100 valence electrons. The first-order valence-corrected chi connectivity index (χ1v) is 7.65. The van der Waals surface area contributed by atoms with E-state index in [2.05, 4.69) is 6.92 Å². The van der Waals surface area contributed by atoms with Crippen molar-refractivity contribution in [2.24, 2.45) is 5.92 Å². The molecular weight excluding hydrogens is 244 g/mol. The van der Waals surface area contributed by atoms with Gasteiger partial charge < -0.3 is 5.11 Å². The predicted octanol–water partition coefficient (Wildman–Crippen LogP) is 3.77. The normalized spacial score (nSPS) is 12.3. The lowest BCUT2D eigenvalue weighted by Crippen LogP contribution is -2.17. The average molecular weight is 266 g/mol. The number of hydrogen-bond donors (Lipinski definition) is 1. The van der Waals surface area contributed by atoms with Gasteiger partial charge in [0.1, 0.15) is 0 Å². The monoisotopic (exact) mass is 266 g/mol. The minimum absolute atomic E-state index is 0.247. The largest absolute Gasteiger partial charge is 0.481 e. The fourth-order valence-electron chi connectivity index (χ4n) is 1.99. The molecule has 3 heteroatoms. The summed E-state index contributed by atoms with van der Waals surface area (Å²) in [6, 6.07) is 8.05. The third kappa shape index (κ3) is 5.13. The van der Waals surface area contributed by atoms with Crippen LogP contribution in [0.4, 0.5) is 0 Å². The van der Waals surface area contributed by atoms with Crippen molar-refractivity contribution in [3.8, 4) is 0 Å². The molecule has 2 nitrogen and oxygen atoms in total. The van der Waals surface area contributed by atoms with Crippen LogP contribution in [0, 0.1) is 12.8 Å². The Bertz CT molecular complexity index is 377. The molecule has 0 amide bonds. The topological polar surface area (TPSA) is 37.3 Å². The molecule has 0 aliphatic rings. The Balaban J connectivity index is 2.53. The Morgan fingerprint density at radius 1 is 1.39 bits per heavy atom. The van der Waals surface area contributed by atoms with Gasteiger partial charge in [-0.25, -0.2) is 0 Å². The van der Waals surface area contributed by atoms with E-state index >= 15 is 0 Å². The molecule has 1 atom stereocenters. The summed E-state index contributed by atoms with van der Waals surface area (Å²) in [7, 11) is 0. The molecule has 0 spiro atoms. The van der Waals surface area contributed by atoms with Gasteiger partial charge in [-0.15, -0.1) is 0 Å². The van der Waals surface area contributed by atoms with E-state index in [1.54, 1.807) is 0 Å². The first kappa shape index (κ1) is 15.1. The van der Waals surface area contributed by atoms with Gasteiger partial charge in [-0.2, -0.15) is 11.8 Å². The molecule has 0 saturated heterocycles. The third-order valence-corrected chi connectivity index (χ3v) is 4.11. The van der Waals surface area contributed by atoms with Crippen LogP contribution in [-0.2, 0) is 11.2 Å². The lowest BCUT2D eigenvalue weighted by molar-refractivity contribution is -0.141. The van der Waals surface area contributed by atoms with Crippen molar-refractivity contribution in [3.63, 3.8) is 0 Å². The van der Waals surface area contributed by atoms with Gasteiger partial charge >= 0.3 is 5.97 Å². The van der Waals surface area contributed by atoms with Crippen LogP contribution in [0.1, 0.15) is 30.9 Å². The van der Waals surface area contributed by atoms with Crippen LogP contribution in [-0.4, -0.2) is 22.6 Å². The van der Waals surface area contributed by atoms with Crippen molar-refractivity contribution in [2.45, 2.75) is 33.1 Å². The number of thioether (sulfide) groups is 1. The molecular formula is C15H22O2S. The fourth-order valence-corrected chi connectivity index (χ4v) is 2.65. The van der Waals surface area contributed by atoms with Crippen molar-refractivity contribution in [2.75, 3.05) is 11.5 Å². The molecule has 0 heterocycles. The zero-order chi connectivity index (χ0) is 13.4. The van der Waals surface area contributed by atoms with Gasteiger partial charge in [-0.05, 0) is 48.8 Å². The van der Waals surface area contributed by atoms with Gasteiger partial charge in [0.05, 0.1) is 5.92 Å². The Kier molecular flexibility index (Phi) is 6.88. The van der Waals surface area contributed by atoms with E-state index in [1.165, 1.54) is 5.56 Å². The highest BCUT2D eigenvalue weighted by Crippen LogP contribution is 2.18. The maximum Gasteiger partial charge on any atom is 0.306 e. The second-order valence-electron chi connectivity index (χ2n) is 4.50. The van der Waals surface area contributed by atoms with Crippen LogP contribution < -0.4 is 0 Å². The van der Waals surface area contributed by atoms with E-state index in [-0.39, 0.29) is 5.92 Å². The highest BCUT2D eigenvalue weighted by atomic mass is 32.2. The smallest absolute Gasteiger partial charge is 0.306 e. The summed E-state index contributed by atoms with van der Waals surface area (Å²) in [5.41, 5.74) is 2.35. The molecule has 0 aliphatic heterocycles. The fraction of sp³-hybridized carbons (Fsp3) is 0.533. The van der Waals surface area contributed by atoms with Crippen LogP contribution >= 0.6 is 11.8 Å². The van der Waals surface area contributed by atoms with Gasteiger partial charge in [0.15, 0.2) is 0 Å². The number of carboxylic acid groups (broad SMARTS) is 1. The molecule has 1 N–H and O–H groups in total. The zero-order valence-corrected chi connectivity index (χ0v) is 12.0. The molecule has 1 rings (SSSR count). The van der Waals surface area contributed by atoms with Crippen LogP contribution in [0.5, 0.6) is 0 Å². The minimum atomic E-state index is -0.667. The quantitative estimate of drug-likeness (QED) is 0.728. The van der Waals surface area contributed by atoms with Crippen molar-refractivity contribution in [1.82, 2.24) is 0 Å². The number of hydrogen-bond acceptors (Lipinski definition) is 2. The van der Waals surface area contributed by atoms with E-state index in [0.29, 0.717) is 6.42 Å². The van der Waals surface area contributed by atoms with E-state index < -0.39 is 5.97 Å². The summed E-state index contributed by atoms with van der Waals surface area (Å²) in [6.07, 6.45) is 2.41. The van der Waals surface area contributed by atoms with Crippen LogP contribution in [0.25, 0.3) is 0 Å². The molecule has 1 aromatic rings. The Morgan fingerprint density at radius 3 is 2.72 bits per heavy atom. The maximum absolute atomic E-state index is 11.3. The maximum atomic E-state index is 11.3. The number of carbonyl (C=O) groups is 1. The summed E-state index contributed by atoms with van der Waals surface area (Å²) < 4.78 is 0. The SMILES string of the molecule is CCSCCCC(Cc1ccccc1C)C(=O)O. The number of carboxylic acids is 1. The first-order valence-electron chi connectivity index (χ1n) is 6.50. The van der Waals surface area contributed by atoms with Crippen molar-refractivity contribution in [1.29, 1.82) is 0 Å². The lowest BCUT2D eigenvalue weighted by Gasteiger charge is -2.13. The van der Waals surface area contributed by atoms with Crippen molar-refractivity contribution >= 4 is 17.7 Å². The Morgan fingerprint density at radius 2 is 2.11 bits per heavy atom. The molecule has 0 bridgehead atoms. The van der Waals surface area contributed by atoms with Gasteiger partial charge in [0.2, 0.25) is 0 Å². The highest BCUT2D eigenvalue weighted by Gasteiger charge is 2.18. The van der Waals surface area contributed by atoms with Gasteiger partial charge in [0.25, 0.3) is 0 Å². The number of rotatable bonds is 8. The first-order chi connectivity index (χ1) is 8.65. The van der Waals surface area contributed by atoms with Crippen LogP contribution in [0.2, 0.25) is 0 Å². The third-order valence-electron chi connectivity index (χ3n) is 3.12. The van der Waals surface area contributed by atoms with E-state index in [0.717, 1.165) is 29.9 Å². The molecule has 0 radical (unpaired) electrons. The summed E-state index contributed by atoms with van der Waals surface area (Å²) in [5.74, 6) is 1.26. The summed E-state index contributed by atoms with van der Waals surface area (Å²) in [5, 5.41) is 9.28. The molecule has 1 aromatic carbocycles. The van der Waals surface area contributed by atoms with E-state index in [9.17, 15) is 9.90 Å². The minimum Gasteiger partial charge on any atom is -0.481 e. The highest BCUT2D eigenvalue weighted by molar-refractivity contribution is 7.99. The van der Waals surface area contributed by atoms with E-state index in [4.69, 9.17) is 0 Å². The molecule has 1 unspecified atom stereocenters. The molecule has 0 saturated carbocycles. The zero-order valence-electron chi connectivity index (χ0n) is 11.2. The Hall–Kier alpha value is -0.960. The van der Waals surface area contributed by atoms with Crippen LogP contribution in [0.3, 0.4) is 0 Å². The van der Waals surface area contributed by atoms with Gasteiger partial charge in [0, 0.05) is 0 Å². The standard InChI is InChI=1S/C15H22O2S/c1-3-18-10-6-9-14(15(16)17)11-13-8-5-4-7-12(13)2/h4-5,7-8,14H,3,6,9-11H2,1-2H3,(H,16,17). The molecule has 0 aliphatic carbocycles. The van der Waals surface area contributed by atoms with Crippen LogP contribution in [0.15, 0.2) is 24.3 Å².